The van der Waals surface area contributed by atoms with Crippen LogP contribution >= 0.6 is 11.8 Å². The minimum atomic E-state index is -2.71. The molecule has 1 atom stereocenters. The molecular formula is C9H14F2O2S. The summed E-state index contributed by atoms with van der Waals surface area (Å²) >= 11 is 1.52. The van der Waals surface area contributed by atoms with Crippen LogP contribution in [0.1, 0.15) is 19.3 Å². The Bertz CT molecular complexity index is 209. The Morgan fingerprint density at radius 2 is 2.29 bits per heavy atom. The number of ether oxygens (including phenoxy) is 1. The first-order valence-corrected chi connectivity index (χ1v) is 5.74. The number of carbonyl (C=O) groups excluding carboxylic acids is 1. The highest BCUT2D eigenvalue weighted by molar-refractivity contribution is 7.99. The SMILES string of the molecule is COC(=O)CC1CCSCCC1(F)F. The third kappa shape index (κ3) is 3.12. The number of halogens is 2. The molecule has 1 unspecified atom stereocenters. The summed E-state index contributed by atoms with van der Waals surface area (Å²) in [5.41, 5.74) is 0. The fourth-order valence-electron chi connectivity index (χ4n) is 1.49. The van der Waals surface area contributed by atoms with Gasteiger partial charge in [0.1, 0.15) is 0 Å². The van der Waals surface area contributed by atoms with Crippen molar-refractivity contribution in [3.05, 3.63) is 0 Å². The highest BCUT2D eigenvalue weighted by Crippen LogP contribution is 2.38. The first-order valence-electron chi connectivity index (χ1n) is 4.58. The lowest BCUT2D eigenvalue weighted by Crippen LogP contribution is -2.30. The Labute approximate surface area is 86.4 Å². The van der Waals surface area contributed by atoms with Crippen molar-refractivity contribution in [3.8, 4) is 0 Å². The van der Waals surface area contributed by atoms with Gasteiger partial charge in [0.2, 0.25) is 0 Å². The van der Waals surface area contributed by atoms with E-state index in [4.69, 9.17) is 0 Å². The van der Waals surface area contributed by atoms with E-state index in [9.17, 15) is 13.6 Å². The number of carbonyl (C=O) groups is 1. The molecular weight excluding hydrogens is 210 g/mol. The second-order valence-corrected chi connectivity index (χ2v) is 4.61. The van der Waals surface area contributed by atoms with Gasteiger partial charge in [0.25, 0.3) is 5.92 Å². The number of hydrogen-bond donors (Lipinski definition) is 0. The lowest BCUT2D eigenvalue weighted by molar-refractivity contribution is -0.146. The molecule has 1 aliphatic heterocycles. The highest BCUT2D eigenvalue weighted by atomic mass is 32.2. The Balaban J connectivity index is 2.57. The van der Waals surface area contributed by atoms with Crippen LogP contribution in [0.15, 0.2) is 0 Å². The zero-order valence-electron chi connectivity index (χ0n) is 8.09. The van der Waals surface area contributed by atoms with E-state index in [1.54, 1.807) is 0 Å². The lowest BCUT2D eigenvalue weighted by atomic mass is 9.93. The van der Waals surface area contributed by atoms with Crippen molar-refractivity contribution in [1.29, 1.82) is 0 Å². The van der Waals surface area contributed by atoms with Crippen LogP contribution in [-0.2, 0) is 9.53 Å². The molecule has 5 heteroatoms. The minimum Gasteiger partial charge on any atom is -0.469 e. The zero-order valence-corrected chi connectivity index (χ0v) is 8.91. The first-order chi connectivity index (χ1) is 6.56. The molecule has 82 valence electrons. The summed E-state index contributed by atoms with van der Waals surface area (Å²) in [6.45, 7) is 0. The van der Waals surface area contributed by atoms with Crippen molar-refractivity contribution in [2.24, 2.45) is 5.92 Å². The molecule has 0 aromatic carbocycles. The zero-order chi connectivity index (χ0) is 10.6. The average Bonchev–Trinajstić information content (AvgIpc) is 2.29. The molecule has 14 heavy (non-hydrogen) atoms. The molecule has 0 N–H and O–H groups in total. The van der Waals surface area contributed by atoms with Gasteiger partial charge < -0.3 is 4.74 Å². The molecule has 0 saturated carbocycles. The number of esters is 1. The summed E-state index contributed by atoms with van der Waals surface area (Å²) in [5.74, 6) is -2.91. The molecule has 2 nitrogen and oxygen atoms in total. The van der Waals surface area contributed by atoms with Crippen LogP contribution in [0.2, 0.25) is 0 Å². The van der Waals surface area contributed by atoms with Gasteiger partial charge in [-0.3, -0.25) is 4.79 Å². The maximum Gasteiger partial charge on any atom is 0.306 e. The normalized spacial score (nSPS) is 26.6. The maximum absolute atomic E-state index is 13.4. The largest absolute Gasteiger partial charge is 0.469 e. The van der Waals surface area contributed by atoms with Crippen molar-refractivity contribution in [1.82, 2.24) is 0 Å². The van der Waals surface area contributed by atoms with Gasteiger partial charge in [0.15, 0.2) is 0 Å². The molecule has 1 saturated heterocycles. The molecule has 1 heterocycles. The predicted octanol–water partition coefficient (Wildman–Crippen LogP) is 2.33. The molecule has 0 aromatic rings. The summed E-state index contributed by atoms with van der Waals surface area (Å²) in [6.07, 6.45) is 0.107. The standard InChI is InChI=1S/C9H14F2O2S/c1-13-8(12)6-7-2-4-14-5-3-9(7,10)11/h7H,2-6H2,1H3. The highest BCUT2D eigenvalue weighted by Gasteiger charge is 2.41. The third-order valence-electron chi connectivity index (χ3n) is 2.43. The van der Waals surface area contributed by atoms with Crippen molar-refractivity contribution in [2.75, 3.05) is 18.6 Å². The van der Waals surface area contributed by atoms with E-state index in [0.29, 0.717) is 17.9 Å². The van der Waals surface area contributed by atoms with Gasteiger partial charge in [-0.25, -0.2) is 8.78 Å². The van der Waals surface area contributed by atoms with E-state index >= 15 is 0 Å². The molecule has 0 bridgehead atoms. The van der Waals surface area contributed by atoms with Gasteiger partial charge in [-0.1, -0.05) is 0 Å². The summed E-state index contributed by atoms with van der Waals surface area (Å²) in [4.78, 5) is 10.9. The van der Waals surface area contributed by atoms with Gasteiger partial charge in [0.05, 0.1) is 13.5 Å². The smallest absolute Gasteiger partial charge is 0.306 e. The summed E-state index contributed by atoms with van der Waals surface area (Å²) in [6, 6.07) is 0. The van der Waals surface area contributed by atoms with E-state index in [1.807, 2.05) is 0 Å². The van der Waals surface area contributed by atoms with Crippen molar-refractivity contribution in [3.63, 3.8) is 0 Å². The Kier molecular flexibility index (Phi) is 4.16. The monoisotopic (exact) mass is 224 g/mol. The van der Waals surface area contributed by atoms with Crippen molar-refractivity contribution in [2.45, 2.75) is 25.2 Å². The first kappa shape index (κ1) is 11.8. The van der Waals surface area contributed by atoms with Gasteiger partial charge in [-0.2, -0.15) is 11.8 Å². The van der Waals surface area contributed by atoms with Crippen molar-refractivity contribution < 1.29 is 18.3 Å². The summed E-state index contributed by atoms with van der Waals surface area (Å²) < 4.78 is 31.2. The summed E-state index contributed by atoms with van der Waals surface area (Å²) in [5, 5.41) is 0. The molecule has 0 spiro atoms. The van der Waals surface area contributed by atoms with Crippen LogP contribution in [0.3, 0.4) is 0 Å². The number of rotatable bonds is 2. The number of hydrogen-bond acceptors (Lipinski definition) is 3. The fourth-order valence-corrected chi connectivity index (χ4v) is 2.56. The lowest BCUT2D eigenvalue weighted by Gasteiger charge is -2.23. The molecule has 0 radical (unpaired) electrons. The second kappa shape index (κ2) is 4.96. The number of methoxy groups -OCH3 is 1. The van der Waals surface area contributed by atoms with Crippen LogP contribution < -0.4 is 0 Å². The molecule has 1 fully saturated rings. The van der Waals surface area contributed by atoms with Crippen LogP contribution in [0, 0.1) is 5.92 Å². The van der Waals surface area contributed by atoms with Gasteiger partial charge in [-0.05, 0) is 17.9 Å². The fraction of sp³-hybridized carbons (Fsp3) is 0.889. The van der Waals surface area contributed by atoms with Crippen molar-refractivity contribution >= 4 is 17.7 Å². The van der Waals surface area contributed by atoms with E-state index in [0.717, 1.165) is 0 Å². The average molecular weight is 224 g/mol. The Morgan fingerprint density at radius 3 is 2.93 bits per heavy atom. The summed E-state index contributed by atoms with van der Waals surface area (Å²) in [7, 11) is 1.23. The topological polar surface area (TPSA) is 26.3 Å². The molecule has 1 aliphatic rings. The molecule has 1 rings (SSSR count). The number of alkyl halides is 2. The molecule has 0 amide bonds. The third-order valence-corrected chi connectivity index (χ3v) is 3.45. The van der Waals surface area contributed by atoms with Crippen LogP contribution in [0.4, 0.5) is 8.78 Å². The molecule has 0 aromatic heterocycles. The van der Waals surface area contributed by atoms with Crippen LogP contribution in [0.5, 0.6) is 0 Å². The number of thioether (sulfide) groups is 1. The van der Waals surface area contributed by atoms with E-state index in [1.165, 1.54) is 18.9 Å². The van der Waals surface area contributed by atoms with Crippen LogP contribution in [-0.4, -0.2) is 30.5 Å². The Morgan fingerprint density at radius 1 is 1.57 bits per heavy atom. The maximum atomic E-state index is 13.4. The second-order valence-electron chi connectivity index (χ2n) is 3.39. The molecule has 0 aliphatic carbocycles. The predicted molar refractivity (Wildman–Crippen MR) is 51.6 cm³/mol. The quantitative estimate of drug-likeness (QED) is 0.673. The minimum absolute atomic E-state index is 0.126. The van der Waals surface area contributed by atoms with Gasteiger partial charge in [-0.15, -0.1) is 0 Å². The van der Waals surface area contributed by atoms with E-state index in [-0.39, 0.29) is 12.8 Å². The van der Waals surface area contributed by atoms with Gasteiger partial charge >= 0.3 is 5.97 Å². The van der Waals surface area contributed by atoms with Crippen LogP contribution in [0.25, 0.3) is 0 Å². The van der Waals surface area contributed by atoms with Gasteiger partial charge in [0, 0.05) is 12.3 Å². The van der Waals surface area contributed by atoms with E-state index in [2.05, 4.69) is 4.74 Å². The van der Waals surface area contributed by atoms with E-state index < -0.39 is 17.8 Å². The Hall–Kier alpha value is -0.320.